The number of carboxylic acid groups (broad SMARTS) is 1. The van der Waals surface area contributed by atoms with E-state index >= 15 is 0 Å². The first-order chi connectivity index (χ1) is 11.5. The minimum Gasteiger partial charge on any atom is -0.480 e. The fraction of sp³-hybridized carbons (Fsp3) is 0.600. The van der Waals surface area contributed by atoms with Crippen molar-refractivity contribution in [3.8, 4) is 0 Å². The number of rotatable bonds is 12. The molecule has 3 N–H and O–H groups in total. The third kappa shape index (κ3) is 6.83. The van der Waals surface area contributed by atoms with Crippen LogP contribution in [-0.2, 0) is 9.59 Å². The third-order valence-electron chi connectivity index (χ3n) is 4.53. The number of allylic oxidation sites excluding steroid dienone is 6. The van der Waals surface area contributed by atoms with Gasteiger partial charge in [0, 0.05) is 0 Å². The lowest BCUT2D eigenvalue weighted by molar-refractivity contribution is -0.139. The van der Waals surface area contributed by atoms with Crippen LogP contribution in [0.4, 0.5) is 0 Å². The number of unbranched alkanes of at least 4 members (excludes halogenated alkanes) is 6. The Kier molecular flexibility index (Phi) is 9.31. The Morgan fingerprint density at radius 2 is 1.92 bits per heavy atom. The van der Waals surface area contributed by atoms with Crippen molar-refractivity contribution in [1.82, 2.24) is 0 Å². The molecular weight excluding hydrogens is 302 g/mol. The average molecular weight is 333 g/mol. The number of carbonyl (C=O) groups excluding carboxylic acids is 1. The van der Waals surface area contributed by atoms with Crippen LogP contribution in [0, 0.1) is 5.41 Å². The fourth-order valence-electron chi connectivity index (χ4n) is 2.98. The number of hydrogen-bond acceptors (Lipinski definition) is 3. The zero-order valence-electron chi connectivity index (χ0n) is 14.7. The van der Waals surface area contributed by atoms with Crippen LogP contribution in [0.3, 0.4) is 0 Å². The summed E-state index contributed by atoms with van der Waals surface area (Å²) in [6.07, 6.45) is 19.8. The Labute approximate surface area is 145 Å². The highest BCUT2D eigenvalue weighted by atomic mass is 16.4. The molecule has 0 radical (unpaired) electrons. The van der Waals surface area contributed by atoms with Gasteiger partial charge in [-0.1, -0.05) is 69.4 Å². The fourth-order valence-corrected chi connectivity index (χ4v) is 2.98. The first-order valence-corrected chi connectivity index (χ1v) is 9.05. The van der Waals surface area contributed by atoms with E-state index in [0.29, 0.717) is 6.42 Å². The summed E-state index contributed by atoms with van der Waals surface area (Å²) in [5.41, 5.74) is 4.86. The molecule has 0 amide bonds. The first kappa shape index (κ1) is 20.4. The van der Waals surface area contributed by atoms with Gasteiger partial charge in [-0.25, -0.2) is 0 Å². The zero-order chi connectivity index (χ0) is 17.8. The smallest absolute Gasteiger partial charge is 0.320 e. The molecule has 1 unspecified atom stereocenters. The molecule has 0 aromatic heterocycles. The Morgan fingerprint density at radius 3 is 2.54 bits per heavy atom. The van der Waals surface area contributed by atoms with Crippen molar-refractivity contribution >= 4 is 11.8 Å². The molecule has 0 aromatic carbocycles. The van der Waals surface area contributed by atoms with Gasteiger partial charge in [0.15, 0.2) is 5.78 Å². The third-order valence-corrected chi connectivity index (χ3v) is 4.53. The molecule has 1 rings (SSSR count). The van der Waals surface area contributed by atoms with Crippen LogP contribution < -0.4 is 5.73 Å². The second-order valence-corrected chi connectivity index (χ2v) is 6.62. The molecule has 0 bridgehead atoms. The summed E-state index contributed by atoms with van der Waals surface area (Å²) in [6.45, 7) is 2.20. The van der Waals surface area contributed by atoms with Gasteiger partial charge < -0.3 is 10.8 Å². The molecule has 2 atom stereocenters. The van der Waals surface area contributed by atoms with Gasteiger partial charge in [0.2, 0.25) is 0 Å². The molecule has 4 heteroatoms. The van der Waals surface area contributed by atoms with E-state index in [1.807, 2.05) is 18.2 Å². The molecule has 0 heterocycles. The molecule has 24 heavy (non-hydrogen) atoms. The second-order valence-electron chi connectivity index (χ2n) is 6.62. The van der Waals surface area contributed by atoms with Crippen LogP contribution in [-0.4, -0.2) is 22.9 Å². The topological polar surface area (TPSA) is 80.4 Å². The van der Waals surface area contributed by atoms with E-state index in [1.54, 1.807) is 18.2 Å². The largest absolute Gasteiger partial charge is 0.480 e. The van der Waals surface area contributed by atoms with E-state index in [4.69, 9.17) is 10.8 Å². The minimum atomic E-state index is -1.07. The normalized spacial score (nSPS) is 21.2. The highest BCUT2D eigenvalue weighted by Gasteiger charge is 2.37. The van der Waals surface area contributed by atoms with E-state index in [1.165, 1.54) is 32.1 Å². The molecule has 0 saturated carbocycles. The second kappa shape index (κ2) is 11.0. The Morgan fingerprint density at radius 1 is 1.21 bits per heavy atom. The van der Waals surface area contributed by atoms with E-state index in [0.717, 1.165) is 12.8 Å². The number of carboxylic acids is 1. The van der Waals surface area contributed by atoms with E-state index in [9.17, 15) is 9.59 Å². The van der Waals surface area contributed by atoms with Crippen molar-refractivity contribution < 1.29 is 14.7 Å². The molecule has 1 aliphatic carbocycles. The number of ketones is 1. The van der Waals surface area contributed by atoms with E-state index in [2.05, 4.69) is 6.92 Å². The summed E-state index contributed by atoms with van der Waals surface area (Å²) in [5, 5.41) is 9.05. The monoisotopic (exact) mass is 333 g/mol. The summed E-state index contributed by atoms with van der Waals surface area (Å²) < 4.78 is 0. The highest BCUT2D eigenvalue weighted by molar-refractivity contribution is 5.97. The zero-order valence-corrected chi connectivity index (χ0v) is 14.7. The summed E-state index contributed by atoms with van der Waals surface area (Å²) in [5.74, 6) is -1.12. The van der Waals surface area contributed by atoms with Crippen molar-refractivity contribution in [3.63, 3.8) is 0 Å². The van der Waals surface area contributed by atoms with Gasteiger partial charge in [-0.3, -0.25) is 9.59 Å². The lowest BCUT2D eigenvalue weighted by Crippen LogP contribution is -2.40. The van der Waals surface area contributed by atoms with Gasteiger partial charge in [0.1, 0.15) is 6.04 Å². The number of aliphatic carboxylic acids is 1. The minimum absolute atomic E-state index is 0.0502. The molecule has 0 aromatic rings. The van der Waals surface area contributed by atoms with Crippen LogP contribution in [0.1, 0.15) is 64.7 Å². The molecule has 0 spiro atoms. The lowest BCUT2D eigenvalue weighted by atomic mass is 9.73. The van der Waals surface area contributed by atoms with Crippen LogP contribution in [0.2, 0.25) is 0 Å². The summed E-state index contributed by atoms with van der Waals surface area (Å²) in [4.78, 5) is 23.7. The Hall–Kier alpha value is -1.68. The number of hydrogen-bond donors (Lipinski definition) is 2. The van der Waals surface area contributed by atoms with Crippen molar-refractivity contribution in [2.45, 2.75) is 70.8 Å². The van der Waals surface area contributed by atoms with Crippen molar-refractivity contribution in [2.24, 2.45) is 11.1 Å². The molecule has 0 fully saturated rings. The summed E-state index contributed by atoms with van der Waals surface area (Å²) >= 11 is 0. The summed E-state index contributed by atoms with van der Waals surface area (Å²) in [7, 11) is 0. The highest BCUT2D eigenvalue weighted by Crippen LogP contribution is 2.34. The number of nitrogens with two attached hydrogens (primary N) is 1. The maximum Gasteiger partial charge on any atom is 0.320 e. The van der Waals surface area contributed by atoms with Crippen molar-refractivity contribution in [3.05, 3.63) is 36.5 Å². The predicted octanol–water partition coefficient (Wildman–Crippen LogP) is 4.17. The summed E-state index contributed by atoms with van der Waals surface area (Å²) in [6, 6.07) is -1.03. The molecule has 0 aliphatic heterocycles. The van der Waals surface area contributed by atoms with E-state index < -0.39 is 17.4 Å². The standard InChI is InChI=1S/C20H31NO3/c1-2-3-4-5-6-7-8-10-13-18(22)20(14-11-9-12-15-20)16-17(21)19(23)24/h9-14,17H,2-8,15-16,21H2,1H3,(H,23,24)/t17-,20?/m0/s1. The first-order valence-electron chi connectivity index (χ1n) is 9.05. The molecule has 134 valence electrons. The van der Waals surface area contributed by atoms with Gasteiger partial charge in [-0.05, 0) is 31.8 Å². The Bertz CT molecular complexity index is 493. The maximum atomic E-state index is 12.6. The van der Waals surface area contributed by atoms with Crippen LogP contribution in [0.25, 0.3) is 0 Å². The van der Waals surface area contributed by atoms with Gasteiger partial charge in [-0.2, -0.15) is 0 Å². The van der Waals surface area contributed by atoms with Crippen LogP contribution in [0.15, 0.2) is 36.5 Å². The molecular formula is C20H31NO3. The quantitative estimate of drug-likeness (QED) is 0.415. The van der Waals surface area contributed by atoms with Gasteiger partial charge in [0.05, 0.1) is 5.41 Å². The van der Waals surface area contributed by atoms with Gasteiger partial charge in [0.25, 0.3) is 0 Å². The SMILES string of the molecule is CCCCCCCCC=CC(=O)C1(C[C@H](N)C(=O)O)C=CC=CC1. The maximum absolute atomic E-state index is 12.6. The van der Waals surface area contributed by atoms with Crippen LogP contribution in [0.5, 0.6) is 0 Å². The molecule has 4 nitrogen and oxygen atoms in total. The number of carbonyl (C=O) groups is 2. The van der Waals surface area contributed by atoms with Gasteiger partial charge >= 0.3 is 5.97 Å². The van der Waals surface area contributed by atoms with Gasteiger partial charge in [-0.15, -0.1) is 0 Å². The predicted molar refractivity (Wildman–Crippen MR) is 97.7 cm³/mol. The molecule has 1 aliphatic rings. The molecule has 0 saturated heterocycles. The van der Waals surface area contributed by atoms with E-state index in [-0.39, 0.29) is 12.2 Å². The van der Waals surface area contributed by atoms with Crippen molar-refractivity contribution in [2.75, 3.05) is 0 Å². The lowest BCUT2D eigenvalue weighted by Gasteiger charge is -2.30. The van der Waals surface area contributed by atoms with Crippen LogP contribution >= 0.6 is 0 Å². The van der Waals surface area contributed by atoms with Crippen molar-refractivity contribution in [1.29, 1.82) is 0 Å². The Balaban J connectivity index is 2.50. The average Bonchev–Trinajstić information content (AvgIpc) is 2.57.